The van der Waals surface area contributed by atoms with Crippen molar-refractivity contribution in [2.24, 2.45) is 0 Å². The van der Waals surface area contributed by atoms with Gasteiger partial charge in [-0.2, -0.15) is 0 Å². The fourth-order valence-electron chi connectivity index (χ4n) is 3.16. The van der Waals surface area contributed by atoms with Gasteiger partial charge in [-0.25, -0.2) is 9.97 Å². The van der Waals surface area contributed by atoms with E-state index in [4.69, 9.17) is 0 Å². The number of hydrogen-bond donors (Lipinski definition) is 2. The molecule has 1 amide bonds. The number of hydrogen-bond acceptors (Lipinski definition) is 6. The summed E-state index contributed by atoms with van der Waals surface area (Å²) < 4.78 is 0. The molecule has 0 atom stereocenters. The maximum absolute atomic E-state index is 12.3. The second kappa shape index (κ2) is 9.50. The first-order chi connectivity index (χ1) is 13.5. The van der Waals surface area contributed by atoms with Crippen LogP contribution in [0.1, 0.15) is 35.9 Å². The Kier molecular flexibility index (Phi) is 6.81. The number of aromatic nitrogens is 2. The average molecular weight is 383 g/mol. The molecule has 0 saturated carbocycles. The summed E-state index contributed by atoms with van der Waals surface area (Å²) >= 11 is 0. The molecule has 0 radical (unpaired) electrons. The van der Waals surface area contributed by atoms with Gasteiger partial charge in [0.25, 0.3) is 5.91 Å². The summed E-state index contributed by atoms with van der Waals surface area (Å²) in [6, 6.07) is 9.99. The molecule has 7 nitrogen and oxygen atoms in total. The zero-order valence-corrected chi connectivity index (χ0v) is 17.0. The summed E-state index contributed by atoms with van der Waals surface area (Å²) in [5.41, 5.74) is 3.27. The summed E-state index contributed by atoms with van der Waals surface area (Å²) in [6.45, 7) is 8.88. The third-order valence-corrected chi connectivity index (χ3v) is 4.89. The molecule has 0 spiro atoms. The third kappa shape index (κ3) is 5.42. The summed E-state index contributed by atoms with van der Waals surface area (Å²) in [7, 11) is 2.16. The van der Waals surface area contributed by atoms with E-state index in [1.54, 1.807) is 6.07 Å². The van der Waals surface area contributed by atoms with Gasteiger partial charge < -0.3 is 20.4 Å². The molecular formula is C21H30N6O. The number of piperazine rings is 1. The van der Waals surface area contributed by atoms with Gasteiger partial charge in [0, 0.05) is 49.8 Å². The number of aryl methyl sites for hydroxylation is 1. The van der Waals surface area contributed by atoms with Crippen LogP contribution in [0.3, 0.4) is 0 Å². The van der Waals surface area contributed by atoms with Gasteiger partial charge in [-0.3, -0.25) is 4.79 Å². The molecule has 3 rings (SSSR count). The lowest BCUT2D eigenvalue weighted by atomic mass is 10.2. The minimum absolute atomic E-state index is 0.160. The first kappa shape index (κ1) is 20.1. The molecule has 0 aliphatic carbocycles. The normalized spacial score (nSPS) is 14.8. The highest BCUT2D eigenvalue weighted by Crippen LogP contribution is 2.21. The van der Waals surface area contributed by atoms with Gasteiger partial charge in [-0.1, -0.05) is 13.3 Å². The van der Waals surface area contributed by atoms with Gasteiger partial charge >= 0.3 is 0 Å². The van der Waals surface area contributed by atoms with Crippen LogP contribution in [0.5, 0.6) is 0 Å². The number of rotatable bonds is 7. The molecule has 7 heteroatoms. The molecule has 2 heterocycles. The smallest absolute Gasteiger partial charge is 0.270 e. The molecule has 28 heavy (non-hydrogen) atoms. The van der Waals surface area contributed by atoms with Crippen molar-refractivity contribution in [2.75, 3.05) is 50.0 Å². The molecule has 2 aromatic rings. The quantitative estimate of drug-likeness (QED) is 0.718. The predicted octanol–water partition coefficient (Wildman–Crippen LogP) is 2.81. The van der Waals surface area contributed by atoms with Crippen molar-refractivity contribution >= 4 is 23.2 Å². The van der Waals surface area contributed by atoms with Crippen molar-refractivity contribution in [3.63, 3.8) is 0 Å². The van der Waals surface area contributed by atoms with Gasteiger partial charge in [-0.15, -0.1) is 0 Å². The van der Waals surface area contributed by atoms with Crippen LogP contribution in [-0.4, -0.2) is 60.5 Å². The van der Waals surface area contributed by atoms with E-state index in [0.717, 1.165) is 50.4 Å². The SMILES string of the molecule is CCCCNC(=O)c1cc(C)nc(Nc2ccc(N3CCN(C)CC3)cc2)n1. The molecule has 1 fully saturated rings. The first-order valence-corrected chi connectivity index (χ1v) is 9.99. The first-order valence-electron chi connectivity index (χ1n) is 9.99. The van der Waals surface area contributed by atoms with Gasteiger partial charge in [0.15, 0.2) is 0 Å². The van der Waals surface area contributed by atoms with Gasteiger partial charge in [0.2, 0.25) is 5.95 Å². The molecule has 1 aliphatic rings. The number of benzene rings is 1. The van der Waals surface area contributed by atoms with Gasteiger partial charge in [-0.05, 0) is 50.7 Å². The maximum Gasteiger partial charge on any atom is 0.270 e. The van der Waals surface area contributed by atoms with E-state index >= 15 is 0 Å². The molecule has 1 aromatic heterocycles. The van der Waals surface area contributed by atoms with Crippen molar-refractivity contribution in [3.8, 4) is 0 Å². The van der Waals surface area contributed by atoms with E-state index in [1.807, 2.05) is 19.1 Å². The Bertz CT molecular complexity index is 784. The third-order valence-electron chi connectivity index (χ3n) is 4.89. The van der Waals surface area contributed by atoms with Crippen molar-refractivity contribution in [1.29, 1.82) is 0 Å². The number of amides is 1. The van der Waals surface area contributed by atoms with E-state index in [-0.39, 0.29) is 5.91 Å². The Morgan fingerprint density at radius 2 is 1.82 bits per heavy atom. The van der Waals surface area contributed by atoms with E-state index in [1.165, 1.54) is 5.69 Å². The van der Waals surface area contributed by atoms with Crippen LogP contribution in [0.25, 0.3) is 0 Å². The number of nitrogens with zero attached hydrogens (tertiary/aromatic N) is 4. The summed E-state index contributed by atoms with van der Waals surface area (Å²) in [5, 5.41) is 6.11. The number of anilines is 3. The molecule has 2 N–H and O–H groups in total. The Morgan fingerprint density at radius 1 is 1.11 bits per heavy atom. The van der Waals surface area contributed by atoms with Gasteiger partial charge in [0.05, 0.1) is 0 Å². The fourth-order valence-corrected chi connectivity index (χ4v) is 3.16. The summed E-state index contributed by atoms with van der Waals surface area (Å²) in [4.78, 5) is 25.8. The average Bonchev–Trinajstić information content (AvgIpc) is 2.69. The summed E-state index contributed by atoms with van der Waals surface area (Å²) in [5.74, 6) is 0.278. The van der Waals surface area contributed by atoms with Crippen molar-refractivity contribution in [3.05, 3.63) is 41.7 Å². The number of likely N-dealkylation sites (N-methyl/N-ethyl adjacent to an activating group) is 1. The van der Waals surface area contributed by atoms with Crippen LogP contribution in [0.4, 0.5) is 17.3 Å². The minimum atomic E-state index is -0.160. The number of carbonyl (C=O) groups is 1. The topological polar surface area (TPSA) is 73.4 Å². The van der Waals surface area contributed by atoms with Crippen LogP contribution in [0, 0.1) is 6.92 Å². The highest BCUT2D eigenvalue weighted by molar-refractivity contribution is 5.92. The fraction of sp³-hybridized carbons (Fsp3) is 0.476. The second-order valence-electron chi connectivity index (χ2n) is 7.29. The van der Waals surface area contributed by atoms with E-state index in [0.29, 0.717) is 18.2 Å². The zero-order valence-electron chi connectivity index (χ0n) is 17.0. The number of nitrogens with one attached hydrogen (secondary N) is 2. The van der Waals surface area contributed by atoms with Crippen LogP contribution in [0.2, 0.25) is 0 Å². The Morgan fingerprint density at radius 3 is 2.50 bits per heavy atom. The van der Waals surface area contributed by atoms with Crippen LogP contribution in [-0.2, 0) is 0 Å². The second-order valence-corrected chi connectivity index (χ2v) is 7.29. The molecule has 0 bridgehead atoms. The zero-order chi connectivity index (χ0) is 19.9. The van der Waals surface area contributed by atoms with Crippen molar-refractivity contribution < 1.29 is 4.79 Å². The molecule has 1 aliphatic heterocycles. The largest absolute Gasteiger partial charge is 0.369 e. The molecule has 1 aromatic carbocycles. The standard InChI is InChI=1S/C21H30N6O/c1-4-5-10-22-20(28)19-15-16(2)23-21(25-19)24-17-6-8-18(9-7-17)27-13-11-26(3)12-14-27/h6-9,15H,4-5,10-14H2,1-3H3,(H,22,28)(H,23,24,25). The van der Waals surface area contributed by atoms with Crippen molar-refractivity contribution in [1.82, 2.24) is 20.2 Å². The van der Waals surface area contributed by atoms with Crippen LogP contribution in [0.15, 0.2) is 30.3 Å². The van der Waals surface area contributed by atoms with E-state index in [2.05, 4.69) is 56.5 Å². The lowest BCUT2D eigenvalue weighted by molar-refractivity contribution is 0.0948. The number of unbranched alkanes of at least 4 members (excludes halogenated alkanes) is 1. The Balaban J connectivity index is 1.65. The van der Waals surface area contributed by atoms with E-state index < -0.39 is 0 Å². The lowest BCUT2D eigenvalue weighted by Gasteiger charge is -2.34. The van der Waals surface area contributed by atoms with Crippen molar-refractivity contribution in [2.45, 2.75) is 26.7 Å². The summed E-state index contributed by atoms with van der Waals surface area (Å²) in [6.07, 6.45) is 2.00. The Labute approximate surface area is 167 Å². The van der Waals surface area contributed by atoms with Crippen LogP contribution >= 0.6 is 0 Å². The molecular weight excluding hydrogens is 352 g/mol. The Hall–Kier alpha value is -2.67. The monoisotopic (exact) mass is 382 g/mol. The van der Waals surface area contributed by atoms with E-state index in [9.17, 15) is 4.79 Å². The number of carbonyl (C=O) groups excluding carboxylic acids is 1. The molecule has 0 unspecified atom stereocenters. The minimum Gasteiger partial charge on any atom is -0.369 e. The lowest BCUT2D eigenvalue weighted by Crippen LogP contribution is -2.44. The molecule has 1 saturated heterocycles. The maximum atomic E-state index is 12.3. The van der Waals surface area contributed by atoms with Crippen LogP contribution < -0.4 is 15.5 Å². The van der Waals surface area contributed by atoms with Gasteiger partial charge in [0.1, 0.15) is 5.69 Å². The highest BCUT2D eigenvalue weighted by Gasteiger charge is 2.14. The highest BCUT2D eigenvalue weighted by atomic mass is 16.1. The molecule has 150 valence electrons. The predicted molar refractivity (Wildman–Crippen MR) is 113 cm³/mol.